The van der Waals surface area contributed by atoms with Gasteiger partial charge in [0.25, 0.3) is 0 Å². The van der Waals surface area contributed by atoms with Crippen molar-refractivity contribution in [3.8, 4) is 5.69 Å². The van der Waals surface area contributed by atoms with Gasteiger partial charge in [-0.1, -0.05) is 30.1 Å². The predicted octanol–water partition coefficient (Wildman–Crippen LogP) is 4.36. The topological polar surface area (TPSA) is 50.9 Å². The maximum absolute atomic E-state index is 8.26. The first-order valence-corrected chi connectivity index (χ1v) is 7.49. The molecule has 0 saturated heterocycles. The lowest BCUT2D eigenvalue weighted by Gasteiger charge is -2.15. The van der Waals surface area contributed by atoms with Gasteiger partial charge >= 0.3 is 0 Å². The second-order valence-corrected chi connectivity index (χ2v) is 5.49. The molecule has 1 N–H and O–H groups in total. The predicted molar refractivity (Wildman–Crippen MR) is 86.1 cm³/mol. The normalized spacial score (nSPS) is 12.4. The minimum absolute atomic E-state index is 0.319. The van der Waals surface area contributed by atoms with Crippen LogP contribution < -0.4 is 0 Å². The SMILES string of the molecule is CCCOC(C)C(=N)c1nccn1-c1ccc(Cl)cc1Cl. The molecule has 2 aromatic rings. The summed E-state index contributed by atoms with van der Waals surface area (Å²) in [7, 11) is 0. The molecule has 0 saturated carbocycles. The van der Waals surface area contributed by atoms with Crippen molar-refractivity contribution in [2.45, 2.75) is 26.4 Å². The van der Waals surface area contributed by atoms with E-state index in [9.17, 15) is 0 Å². The van der Waals surface area contributed by atoms with E-state index in [-0.39, 0.29) is 6.10 Å². The van der Waals surface area contributed by atoms with Crippen LogP contribution in [-0.2, 0) is 4.74 Å². The van der Waals surface area contributed by atoms with E-state index in [1.807, 2.05) is 13.8 Å². The Morgan fingerprint density at radius 3 is 2.86 bits per heavy atom. The molecule has 6 heteroatoms. The van der Waals surface area contributed by atoms with E-state index in [1.54, 1.807) is 35.2 Å². The zero-order valence-corrected chi connectivity index (χ0v) is 13.4. The Morgan fingerprint density at radius 2 is 2.19 bits per heavy atom. The number of ether oxygens (including phenoxy) is 1. The lowest BCUT2D eigenvalue weighted by molar-refractivity contribution is 0.110. The molecule has 1 aromatic heterocycles. The molecule has 1 aromatic carbocycles. The van der Waals surface area contributed by atoms with Crippen LogP contribution in [0.15, 0.2) is 30.6 Å². The highest BCUT2D eigenvalue weighted by molar-refractivity contribution is 6.35. The third-order valence-corrected chi connectivity index (χ3v) is 3.57. The molecular formula is C15H17Cl2N3O. The van der Waals surface area contributed by atoms with Crippen LogP contribution in [0.3, 0.4) is 0 Å². The molecule has 4 nitrogen and oxygen atoms in total. The number of nitrogens with one attached hydrogen (secondary N) is 1. The van der Waals surface area contributed by atoms with Gasteiger partial charge in [-0.25, -0.2) is 4.98 Å². The van der Waals surface area contributed by atoms with E-state index < -0.39 is 0 Å². The van der Waals surface area contributed by atoms with E-state index in [0.717, 1.165) is 12.1 Å². The lowest BCUT2D eigenvalue weighted by Crippen LogP contribution is -2.24. The maximum atomic E-state index is 8.26. The summed E-state index contributed by atoms with van der Waals surface area (Å²) in [5.74, 6) is 0.517. The summed E-state index contributed by atoms with van der Waals surface area (Å²) < 4.78 is 7.36. The first kappa shape index (κ1) is 16.0. The van der Waals surface area contributed by atoms with Gasteiger partial charge < -0.3 is 4.74 Å². The smallest absolute Gasteiger partial charge is 0.161 e. The zero-order chi connectivity index (χ0) is 15.4. The number of hydrogen-bond donors (Lipinski definition) is 1. The molecule has 0 amide bonds. The van der Waals surface area contributed by atoms with Gasteiger partial charge in [0.15, 0.2) is 5.82 Å². The summed E-state index contributed by atoms with van der Waals surface area (Å²) in [5.41, 5.74) is 1.06. The number of nitrogens with zero attached hydrogens (tertiary/aromatic N) is 2. The fourth-order valence-corrected chi connectivity index (χ4v) is 2.43. The van der Waals surface area contributed by atoms with Crippen LogP contribution in [0.1, 0.15) is 26.1 Å². The van der Waals surface area contributed by atoms with Crippen molar-refractivity contribution in [2.24, 2.45) is 0 Å². The van der Waals surface area contributed by atoms with Gasteiger partial charge in [-0.15, -0.1) is 0 Å². The Labute approximate surface area is 134 Å². The second kappa shape index (κ2) is 7.07. The van der Waals surface area contributed by atoms with Gasteiger partial charge in [0.1, 0.15) is 5.71 Å². The van der Waals surface area contributed by atoms with Crippen LogP contribution in [0.25, 0.3) is 5.69 Å². The summed E-state index contributed by atoms with van der Waals surface area (Å²) in [5, 5.41) is 9.34. The molecule has 0 fully saturated rings. The van der Waals surface area contributed by atoms with Crippen molar-refractivity contribution in [3.63, 3.8) is 0 Å². The Balaban J connectivity index is 2.32. The first-order chi connectivity index (χ1) is 10.0. The summed E-state index contributed by atoms with van der Waals surface area (Å²) in [6.07, 6.45) is 4.00. The minimum Gasteiger partial charge on any atom is -0.372 e. The zero-order valence-electron chi connectivity index (χ0n) is 11.9. The molecule has 1 atom stereocenters. The van der Waals surface area contributed by atoms with E-state index >= 15 is 0 Å². The van der Waals surface area contributed by atoms with E-state index in [1.165, 1.54) is 0 Å². The van der Waals surface area contributed by atoms with Crippen LogP contribution >= 0.6 is 23.2 Å². The monoisotopic (exact) mass is 325 g/mol. The quantitative estimate of drug-likeness (QED) is 0.802. The Bertz CT molecular complexity index is 640. The van der Waals surface area contributed by atoms with Crippen LogP contribution in [0.2, 0.25) is 10.0 Å². The van der Waals surface area contributed by atoms with Crippen molar-refractivity contribution < 1.29 is 4.74 Å². The number of aromatic nitrogens is 2. The van der Waals surface area contributed by atoms with Gasteiger partial charge in [-0.2, -0.15) is 0 Å². The second-order valence-electron chi connectivity index (χ2n) is 4.64. The molecule has 0 radical (unpaired) electrons. The third-order valence-electron chi connectivity index (χ3n) is 3.03. The largest absolute Gasteiger partial charge is 0.372 e. The number of halogens is 2. The van der Waals surface area contributed by atoms with Gasteiger partial charge in [-0.3, -0.25) is 9.98 Å². The fraction of sp³-hybridized carbons (Fsp3) is 0.333. The Hall–Kier alpha value is -1.36. The van der Waals surface area contributed by atoms with Crippen LogP contribution in [-0.4, -0.2) is 28.0 Å². The molecule has 21 heavy (non-hydrogen) atoms. The number of rotatable bonds is 6. The molecular weight excluding hydrogens is 309 g/mol. The number of imidazole rings is 1. The lowest BCUT2D eigenvalue weighted by atomic mass is 10.2. The molecule has 112 valence electrons. The van der Waals surface area contributed by atoms with Crippen molar-refractivity contribution in [1.82, 2.24) is 9.55 Å². The summed E-state index contributed by atoms with van der Waals surface area (Å²) in [4.78, 5) is 4.25. The highest BCUT2D eigenvalue weighted by Gasteiger charge is 2.18. The highest BCUT2D eigenvalue weighted by atomic mass is 35.5. The van der Waals surface area contributed by atoms with Gasteiger partial charge in [0.2, 0.25) is 0 Å². The van der Waals surface area contributed by atoms with Crippen LogP contribution in [0, 0.1) is 5.41 Å². The van der Waals surface area contributed by atoms with Crippen molar-refractivity contribution in [1.29, 1.82) is 5.41 Å². The first-order valence-electron chi connectivity index (χ1n) is 6.73. The average Bonchev–Trinajstić information content (AvgIpc) is 2.93. The molecule has 0 aliphatic heterocycles. The molecule has 0 aliphatic rings. The van der Waals surface area contributed by atoms with Crippen molar-refractivity contribution in [2.75, 3.05) is 6.61 Å². The van der Waals surface area contributed by atoms with Crippen LogP contribution in [0.5, 0.6) is 0 Å². The van der Waals surface area contributed by atoms with Crippen molar-refractivity contribution in [3.05, 3.63) is 46.5 Å². The van der Waals surface area contributed by atoms with Gasteiger partial charge in [-0.05, 0) is 31.5 Å². The number of benzene rings is 1. The minimum atomic E-state index is -0.322. The average molecular weight is 326 g/mol. The Kier molecular flexibility index (Phi) is 5.39. The summed E-state index contributed by atoms with van der Waals surface area (Å²) in [6.45, 7) is 4.50. The molecule has 0 aliphatic carbocycles. The molecule has 0 spiro atoms. The van der Waals surface area contributed by atoms with Gasteiger partial charge in [0.05, 0.1) is 16.8 Å². The fourth-order valence-electron chi connectivity index (χ4n) is 1.93. The maximum Gasteiger partial charge on any atom is 0.161 e. The summed E-state index contributed by atoms with van der Waals surface area (Å²) >= 11 is 12.1. The van der Waals surface area contributed by atoms with E-state index in [2.05, 4.69) is 4.98 Å². The van der Waals surface area contributed by atoms with Crippen molar-refractivity contribution >= 4 is 28.9 Å². The molecule has 1 unspecified atom stereocenters. The molecule has 2 rings (SSSR count). The molecule has 1 heterocycles. The number of hydrogen-bond acceptors (Lipinski definition) is 3. The summed E-state index contributed by atoms with van der Waals surface area (Å²) in [6, 6.07) is 5.23. The third kappa shape index (κ3) is 3.64. The molecule has 0 bridgehead atoms. The standard InChI is InChI=1S/C15H17Cl2N3O/c1-3-8-21-10(2)14(18)15-19-6-7-20(15)13-5-4-11(16)9-12(13)17/h4-7,9-10,18H,3,8H2,1-2H3. The van der Waals surface area contributed by atoms with E-state index in [0.29, 0.717) is 28.2 Å². The van der Waals surface area contributed by atoms with Gasteiger partial charge in [0, 0.05) is 24.0 Å². The van der Waals surface area contributed by atoms with E-state index in [4.69, 9.17) is 33.3 Å². The van der Waals surface area contributed by atoms with Crippen LogP contribution in [0.4, 0.5) is 0 Å². The highest BCUT2D eigenvalue weighted by Crippen LogP contribution is 2.25. The Morgan fingerprint density at radius 1 is 1.43 bits per heavy atom.